The molecule has 1 aliphatic carbocycles. The van der Waals surface area contributed by atoms with Gasteiger partial charge in [-0.2, -0.15) is 0 Å². The highest BCUT2D eigenvalue weighted by Crippen LogP contribution is 2.24. The molecule has 0 unspecified atom stereocenters. The molecule has 0 radical (unpaired) electrons. The average molecular weight is 402 g/mol. The number of hydrogen-bond donors (Lipinski definition) is 0. The van der Waals surface area contributed by atoms with Crippen LogP contribution in [0, 0.1) is 0 Å². The van der Waals surface area contributed by atoms with Gasteiger partial charge in [-0.3, -0.25) is 0 Å². The Bertz CT molecular complexity index is 927. The molecule has 0 aliphatic heterocycles. The summed E-state index contributed by atoms with van der Waals surface area (Å²) in [5.41, 5.74) is 2.59. The first kappa shape index (κ1) is 20.2. The van der Waals surface area contributed by atoms with E-state index in [0.717, 1.165) is 29.7 Å². The van der Waals surface area contributed by atoms with Gasteiger partial charge in [-0.05, 0) is 60.4 Å². The molecule has 1 saturated carbocycles. The van der Waals surface area contributed by atoms with Crippen LogP contribution in [0.1, 0.15) is 42.5 Å². The Morgan fingerprint density at radius 3 is 2.03 bits per heavy atom. The highest BCUT2D eigenvalue weighted by atomic mass is 16.7. The molecule has 0 saturated heterocycles. The van der Waals surface area contributed by atoms with E-state index in [1.54, 1.807) is 24.3 Å². The summed E-state index contributed by atoms with van der Waals surface area (Å²) in [7, 11) is 0. The summed E-state index contributed by atoms with van der Waals surface area (Å²) in [5.74, 6) is 0.960. The molecule has 3 aromatic carbocycles. The second-order valence-corrected chi connectivity index (χ2v) is 7.49. The topological polar surface area (TPSA) is 44.8 Å². The van der Waals surface area contributed by atoms with Crippen LogP contribution in [0.4, 0.5) is 0 Å². The van der Waals surface area contributed by atoms with E-state index >= 15 is 0 Å². The number of para-hydroxylation sites is 1. The summed E-state index contributed by atoms with van der Waals surface area (Å²) in [6.07, 6.45) is 6.43. The van der Waals surface area contributed by atoms with E-state index in [1.165, 1.54) is 19.3 Å². The van der Waals surface area contributed by atoms with Gasteiger partial charge < -0.3 is 14.2 Å². The minimum absolute atomic E-state index is 0.294. The lowest BCUT2D eigenvalue weighted by Gasteiger charge is -2.21. The van der Waals surface area contributed by atoms with Gasteiger partial charge in [0.05, 0.1) is 11.7 Å². The van der Waals surface area contributed by atoms with Gasteiger partial charge in [-0.25, -0.2) is 4.79 Å². The lowest BCUT2D eigenvalue weighted by molar-refractivity contribution is -0.0496. The molecule has 3 aromatic rings. The number of carbonyl (C=O) groups is 1. The van der Waals surface area contributed by atoms with E-state index in [1.807, 2.05) is 54.6 Å². The standard InChI is InChI=1S/C26H26O4/c27-26(30-25-9-5-2-6-10-25)22-13-11-20(12-14-22)21-15-17-24(18-16-21)29-19-28-23-7-3-1-4-8-23/h2,5-6,9-18,23H,1,3-4,7-8,19H2. The Balaban J connectivity index is 1.31. The molecule has 0 N–H and O–H groups in total. The van der Waals surface area contributed by atoms with Crippen LogP contribution in [-0.4, -0.2) is 18.9 Å². The van der Waals surface area contributed by atoms with Gasteiger partial charge in [0, 0.05) is 0 Å². The van der Waals surface area contributed by atoms with Crippen molar-refractivity contribution in [1.82, 2.24) is 0 Å². The van der Waals surface area contributed by atoms with Crippen LogP contribution in [0.3, 0.4) is 0 Å². The predicted octanol–water partition coefficient (Wildman–Crippen LogP) is 6.26. The zero-order valence-electron chi connectivity index (χ0n) is 17.0. The number of rotatable bonds is 7. The fourth-order valence-electron chi connectivity index (χ4n) is 3.63. The second-order valence-electron chi connectivity index (χ2n) is 7.49. The van der Waals surface area contributed by atoms with Crippen LogP contribution >= 0.6 is 0 Å². The number of ether oxygens (including phenoxy) is 3. The predicted molar refractivity (Wildman–Crippen MR) is 117 cm³/mol. The molecule has 0 amide bonds. The number of esters is 1. The summed E-state index contributed by atoms with van der Waals surface area (Å²) >= 11 is 0. The van der Waals surface area contributed by atoms with Crippen LogP contribution in [0.5, 0.6) is 11.5 Å². The maximum absolute atomic E-state index is 12.3. The van der Waals surface area contributed by atoms with E-state index in [0.29, 0.717) is 24.2 Å². The first-order valence-corrected chi connectivity index (χ1v) is 10.5. The van der Waals surface area contributed by atoms with E-state index < -0.39 is 0 Å². The van der Waals surface area contributed by atoms with Crippen molar-refractivity contribution < 1.29 is 19.0 Å². The second kappa shape index (κ2) is 10.1. The third-order valence-electron chi connectivity index (χ3n) is 5.34. The van der Waals surface area contributed by atoms with Gasteiger partial charge in [0.15, 0.2) is 6.79 Å². The molecule has 0 heterocycles. The zero-order chi connectivity index (χ0) is 20.6. The average Bonchev–Trinajstić information content (AvgIpc) is 2.81. The molecule has 0 bridgehead atoms. The summed E-state index contributed by atoms with van der Waals surface area (Å²) in [5, 5.41) is 0. The summed E-state index contributed by atoms with van der Waals surface area (Å²) in [4.78, 5) is 12.3. The Morgan fingerprint density at radius 2 is 1.37 bits per heavy atom. The largest absolute Gasteiger partial charge is 0.468 e. The van der Waals surface area contributed by atoms with Crippen molar-refractivity contribution in [2.45, 2.75) is 38.2 Å². The maximum atomic E-state index is 12.3. The van der Waals surface area contributed by atoms with Crippen LogP contribution in [0.25, 0.3) is 11.1 Å². The Hall–Kier alpha value is -3.11. The highest BCUT2D eigenvalue weighted by molar-refractivity contribution is 5.91. The molecule has 4 heteroatoms. The first-order chi connectivity index (χ1) is 14.8. The molecule has 4 rings (SSSR count). The van der Waals surface area contributed by atoms with Gasteiger partial charge in [0.1, 0.15) is 11.5 Å². The maximum Gasteiger partial charge on any atom is 0.343 e. The van der Waals surface area contributed by atoms with Crippen LogP contribution in [-0.2, 0) is 4.74 Å². The van der Waals surface area contributed by atoms with Gasteiger partial charge in [-0.15, -0.1) is 0 Å². The summed E-state index contributed by atoms with van der Waals surface area (Å²) < 4.78 is 16.9. The van der Waals surface area contributed by atoms with E-state index in [2.05, 4.69) is 0 Å². The van der Waals surface area contributed by atoms with Crippen molar-refractivity contribution in [1.29, 1.82) is 0 Å². The molecule has 1 fully saturated rings. The first-order valence-electron chi connectivity index (χ1n) is 10.5. The smallest absolute Gasteiger partial charge is 0.343 e. The molecule has 4 nitrogen and oxygen atoms in total. The molecular formula is C26H26O4. The van der Waals surface area contributed by atoms with E-state index in [-0.39, 0.29) is 5.97 Å². The third-order valence-corrected chi connectivity index (χ3v) is 5.34. The zero-order valence-corrected chi connectivity index (χ0v) is 17.0. The van der Waals surface area contributed by atoms with Crippen molar-refractivity contribution >= 4 is 5.97 Å². The number of hydrogen-bond acceptors (Lipinski definition) is 4. The van der Waals surface area contributed by atoms with Crippen LogP contribution < -0.4 is 9.47 Å². The fraction of sp³-hybridized carbons (Fsp3) is 0.269. The summed E-state index contributed by atoms with van der Waals surface area (Å²) in [6.45, 7) is 0.294. The van der Waals surface area contributed by atoms with Crippen molar-refractivity contribution in [3.05, 3.63) is 84.4 Å². The van der Waals surface area contributed by atoms with Crippen molar-refractivity contribution in [3.8, 4) is 22.6 Å². The number of carbonyl (C=O) groups excluding carboxylic acids is 1. The fourth-order valence-corrected chi connectivity index (χ4v) is 3.63. The minimum Gasteiger partial charge on any atom is -0.468 e. The van der Waals surface area contributed by atoms with Gasteiger partial charge in [-0.1, -0.05) is 61.7 Å². The Kier molecular flexibility index (Phi) is 6.78. The monoisotopic (exact) mass is 402 g/mol. The lowest BCUT2D eigenvalue weighted by atomic mass is 9.98. The third kappa shape index (κ3) is 5.49. The van der Waals surface area contributed by atoms with Crippen molar-refractivity contribution in [3.63, 3.8) is 0 Å². The van der Waals surface area contributed by atoms with E-state index in [4.69, 9.17) is 14.2 Å². The molecule has 30 heavy (non-hydrogen) atoms. The molecule has 0 atom stereocenters. The lowest BCUT2D eigenvalue weighted by Crippen LogP contribution is -2.19. The Morgan fingerprint density at radius 1 is 0.733 bits per heavy atom. The molecule has 0 spiro atoms. The Labute approximate surface area is 177 Å². The normalized spacial score (nSPS) is 14.3. The van der Waals surface area contributed by atoms with E-state index in [9.17, 15) is 4.79 Å². The molecule has 0 aromatic heterocycles. The van der Waals surface area contributed by atoms with Crippen molar-refractivity contribution in [2.24, 2.45) is 0 Å². The SMILES string of the molecule is O=C(Oc1ccccc1)c1ccc(-c2ccc(OCOC3CCCCC3)cc2)cc1. The van der Waals surface area contributed by atoms with Gasteiger partial charge in [0.2, 0.25) is 0 Å². The minimum atomic E-state index is -0.366. The number of benzene rings is 3. The van der Waals surface area contributed by atoms with Gasteiger partial charge in [0.25, 0.3) is 0 Å². The van der Waals surface area contributed by atoms with Gasteiger partial charge >= 0.3 is 5.97 Å². The molecular weight excluding hydrogens is 376 g/mol. The summed E-state index contributed by atoms with van der Waals surface area (Å²) in [6, 6.07) is 24.4. The highest BCUT2D eigenvalue weighted by Gasteiger charge is 2.13. The molecule has 154 valence electrons. The molecule has 1 aliphatic rings. The van der Waals surface area contributed by atoms with Crippen molar-refractivity contribution in [2.75, 3.05) is 6.79 Å². The van der Waals surface area contributed by atoms with Crippen LogP contribution in [0.2, 0.25) is 0 Å². The van der Waals surface area contributed by atoms with Crippen LogP contribution in [0.15, 0.2) is 78.9 Å². The quantitative estimate of drug-likeness (QED) is 0.266.